The van der Waals surface area contributed by atoms with Gasteiger partial charge in [0.15, 0.2) is 0 Å². The lowest BCUT2D eigenvalue weighted by Crippen LogP contribution is -2.45. The summed E-state index contributed by atoms with van der Waals surface area (Å²) in [5.41, 5.74) is 5.34. The van der Waals surface area contributed by atoms with Crippen molar-refractivity contribution in [2.45, 2.75) is 39.8 Å². The molecule has 1 amide bonds. The van der Waals surface area contributed by atoms with E-state index in [1.54, 1.807) is 0 Å². The Kier molecular flexibility index (Phi) is 4.12. The van der Waals surface area contributed by atoms with Crippen molar-refractivity contribution in [3.8, 4) is 0 Å². The molecule has 1 aromatic heterocycles. The summed E-state index contributed by atoms with van der Waals surface area (Å²) in [5, 5.41) is 3.18. The van der Waals surface area contributed by atoms with Crippen LogP contribution in [-0.2, 0) is 4.79 Å². The van der Waals surface area contributed by atoms with Gasteiger partial charge in [0.25, 0.3) is 0 Å². The Balaban J connectivity index is 2.68. The van der Waals surface area contributed by atoms with Crippen molar-refractivity contribution in [3.63, 3.8) is 0 Å². The SMILES string of the molecule is Cc1ccc(C(C)NC(C(N)=O)C(C)C)o1. The molecule has 0 aromatic carbocycles. The van der Waals surface area contributed by atoms with E-state index >= 15 is 0 Å². The maximum atomic E-state index is 11.2. The monoisotopic (exact) mass is 224 g/mol. The molecule has 2 unspecified atom stereocenters. The molecule has 0 saturated carbocycles. The molecule has 0 aliphatic heterocycles. The number of hydrogen-bond acceptors (Lipinski definition) is 3. The molecule has 0 bridgehead atoms. The van der Waals surface area contributed by atoms with Gasteiger partial charge >= 0.3 is 0 Å². The van der Waals surface area contributed by atoms with Crippen molar-refractivity contribution in [2.75, 3.05) is 0 Å². The zero-order chi connectivity index (χ0) is 12.3. The van der Waals surface area contributed by atoms with E-state index in [2.05, 4.69) is 5.32 Å². The Morgan fingerprint density at radius 3 is 2.38 bits per heavy atom. The van der Waals surface area contributed by atoms with Crippen LogP contribution in [-0.4, -0.2) is 11.9 Å². The molecule has 3 N–H and O–H groups in total. The van der Waals surface area contributed by atoms with Gasteiger partial charge in [-0.1, -0.05) is 13.8 Å². The normalized spacial score (nSPS) is 15.1. The van der Waals surface area contributed by atoms with Crippen LogP contribution in [0.4, 0.5) is 0 Å². The fourth-order valence-electron chi connectivity index (χ4n) is 1.64. The van der Waals surface area contributed by atoms with Gasteiger partial charge in [-0.2, -0.15) is 0 Å². The van der Waals surface area contributed by atoms with Crippen LogP contribution in [0.25, 0.3) is 0 Å². The molecule has 90 valence electrons. The van der Waals surface area contributed by atoms with Crippen molar-refractivity contribution in [1.82, 2.24) is 5.32 Å². The number of furan rings is 1. The maximum Gasteiger partial charge on any atom is 0.234 e. The first-order chi connectivity index (χ1) is 7.41. The minimum Gasteiger partial charge on any atom is -0.465 e. The van der Waals surface area contributed by atoms with E-state index in [4.69, 9.17) is 10.2 Å². The predicted molar refractivity (Wildman–Crippen MR) is 62.8 cm³/mol. The molecule has 0 radical (unpaired) electrons. The highest BCUT2D eigenvalue weighted by Gasteiger charge is 2.22. The van der Waals surface area contributed by atoms with Crippen molar-refractivity contribution in [3.05, 3.63) is 23.7 Å². The average molecular weight is 224 g/mol. The molecular formula is C12H20N2O2. The van der Waals surface area contributed by atoms with Gasteiger partial charge in [0.1, 0.15) is 11.5 Å². The lowest BCUT2D eigenvalue weighted by atomic mass is 10.0. The fraction of sp³-hybridized carbons (Fsp3) is 0.583. The second kappa shape index (κ2) is 5.16. The van der Waals surface area contributed by atoms with Gasteiger partial charge in [-0.15, -0.1) is 0 Å². The Bertz CT molecular complexity index is 358. The summed E-state index contributed by atoms with van der Waals surface area (Å²) in [6, 6.07) is 3.46. The van der Waals surface area contributed by atoms with E-state index in [0.29, 0.717) is 0 Å². The number of nitrogens with two attached hydrogens (primary N) is 1. The second-order valence-electron chi connectivity index (χ2n) is 4.46. The van der Waals surface area contributed by atoms with Gasteiger partial charge < -0.3 is 10.2 Å². The van der Waals surface area contributed by atoms with Crippen LogP contribution in [0.15, 0.2) is 16.5 Å². The topological polar surface area (TPSA) is 68.3 Å². The Morgan fingerprint density at radius 1 is 1.38 bits per heavy atom. The van der Waals surface area contributed by atoms with E-state index in [1.165, 1.54) is 0 Å². The van der Waals surface area contributed by atoms with Crippen molar-refractivity contribution >= 4 is 5.91 Å². The van der Waals surface area contributed by atoms with Gasteiger partial charge in [0.05, 0.1) is 12.1 Å². The van der Waals surface area contributed by atoms with Crippen molar-refractivity contribution in [2.24, 2.45) is 11.7 Å². The van der Waals surface area contributed by atoms with Gasteiger partial charge in [-0.25, -0.2) is 0 Å². The molecular weight excluding hydrogens is 204 g/mol. The standard InChI is InChI=1S/C12H20N2O2/c1-7(2)11(12(13)15)14-9(4)10-6-5-8(3)16-10/h5-7,9,11,14H,1-4H3,(H2,13,15). The average Bonchev–Trinajstić information content (AvgIpc) is 2.59. The van der Waals surface area contributed by atoms with Crippen LogP contribution in [0.1, 0.15) is 38.3 Å². The van der Waals surface area contributed by atoms with Crippen LogP contribution in [0, 0.1) is 12.8 Å². The molecule has 1 aromatic rings. The first kappa shape index (κ1) is 12.8. The summed E-state index contributed by atoms with van der Waals surface area (Å²) in [6.07, 6.45) is 0. The molecule has 0 spiro atoms. The summed E-state index contributed by atoms with van der Waals surface area (Å²) in [5.74, 6) is 1.52. The first-order valence-electron chi connectivity index (χ1n) is 5.53. The largest absolute Gasteiger partial charge is 0.465 e. The molecule has 4 heteroatoms. The third-order valence-electron chi connectivity index (χ3n) is 2.59. The summed E-state index contributed by atoms with van der Waals surface area (Å²) >= 11 is 0. The summed E-state index contributed by atoms with van der Waals surface area (Å²) in [6.45, 7) is 7.77. The molecule has 1 heterocycles. The maximum absolute atomic E-state index is 11.2. The summed E-state index contributed by atoms with van der Waals surface area (Å²) < 4.78 is 5.49. The zero-order valence-electron chi connectivity index (χ0n) is 10.3. The van der Waals surface area contributed by atoms with Crippen LogP contribution < -0.4 is 11.1 Å². The molecule has 0 aliphatic rings. The van der Waals surface area contributed by atoms with E-state index in [9.17, 15) is 4.79 Å². The quantitative estimate of drug-likeness (QED) is 0.800. The van der Waals surface area contributed by atoms with Crippen molar-refractivity contribution in [1.29, 1.82) is 0 Å². The third-order valence-corrected chi connectivity index (χ3v) is 2.59. The molecule has 16 heavy (non-hydrogen) atoms. The van der Waals surface area contributed by atoms with E-state index in [0.717, 1.165) is 11.5 Å². The highest BCUT2D eigenvalue weighted by molar-refractivity contribution is 5.80. The zero-order valence-corrected chi connectivity index (χ0v) is 10.3. The molecule has 2 atom stereocenters. The number of hydrogen-bond donors (Lipinski definition) is 2. The summed E-state index contributed by atoms with van der Waals surface area (Å²) in [7, 11) is 0. The van der Waals surface area contributed by atoms with Crippen LogP contribution in [0.5, 0.6) is 0 Å². The number of aryl methyl sites for hydroxylation is 1. The smallest absolute Gasteiger partial charge is 0.234 e. The van der Waals surface area contributed by atoms with E-state index < -0.39 is 0 Å². The van der Waals surface area contributed by atoms with E-state index in [-0.39, 0.29) is 23.9 Å². The third kappa shape index (κ3) is 3.10. The number of carbonyl (C=O) groups excluding carboxylic acids is 1. The Labute approximate surface area is 96.2 Å². The van der Waals surface area contributed by atoms with Crippen molar-refractivity contribution < 1.29 is 9.21 Å². The Morgan fingerprint density at radius 2 is 2.00 bits per heavy atom. The minimum atomic E-state index is -0.333. The lowest BCUT2D eigenvalue weighted by Gasteiger charge is -2.22. The number of amides is 1. The van der Waals surface area contributed by atoms with Gasteiger partial charge in [-0.05, 0) is 31.9 Å². The molecule has 0 fully saturated rings. The first-order valence-corrected chi connectivity index (χ1v) is 5.53. The fourth-order valence-corrected chi connectivity index (χ4v) is 1.64. The second-order valence-corrected chi connectivity index (χ2v) is 4.46. The van der Waals surface area contributed by atoms with E-state index in [1.807, 2.05) is 39.8 Å². The number of nitrogens with one attached hydrogen (secondary N) is 1. The highest BCUT2D eigenvalue weighted by Crippen LogP contribution is 2.17. The van der Waals surface area contributed by atoms with Gasteiger partial charge in [0, 0.05) is 0 Å². The van der Waals surface area contributed by atoms with Gasteiger partial charge in [0.2, 0.25) is 5.91 Å². The van der Waals surface area contributed by atoms with Crippen LogP contribution in [0.3, 0.4) is 0 Å². The molecule has 1 rings (SSSR count). The molecule has 0 saturated heterocycles. The highest BCUT2D eigenvalue weighted by atomic mass is 16.3. The number of rotatable bonds is 5. The number of carbonyl (C=O) groups is 1. The molecule has 0 aliphatic carbocycles. The summed E-state index contributed by atoms with van der Waals surface area (Å²) in [4.78, 5) is 11.2. The van der Waals surface area contributed by atoms with Crippen LogP contribution in [0.2, 0.25) is 0 Å². The van der Waals surface area contributed by atoms with Gasteiger partial charge in [-0.3, -0.25) is 10.1 Å². The number of primary amides is 1. The predicted octanol–water partition coefficient (Wildman–Crippen LogP) is 1.75. The molecule has 4 nitrogen and oxygen atoms in total. The lowest BCUT2D eigenvalue weighted by molar-refractivity contribution is -0.121. The Hall–Kier alpha value is -1.29. The van der Waals surface area contributed by atoms with Crippen LogP contribution >= 0.6 is 0 Å². The minimum absolute atomic E-state index is 0.0198.